The summed E-state index contributed by atoms with van der Waals surface area (Å²) in [6, 6.07) is 35.9. The molecule has 210 valence electrons. The number of nitrogen functional groups attached to an aromatic ring is 2. The molecule has 4 aromatic rings. The number of anilines is 2. The predicted octanol–water partition coefficient (Wildman–Crippen LogP) is 10.4. The Morgan fingerprint density at radius 1 is 0.375 bits per heavy atom. The van der Waals surface area contributed by atoms with E-state index in [1.165, 1.54) is 59.1 Å². The molecule has 0 aliphatic carbocycles. The average molecular weight is 533 g/mol. The summed E-state index contributed by atoms with van der Waals surface area (Å²) < 4.78 is 0. The van der Waals surface area contributed by atoms with Crippen LogP contribution in [0.25, 0.3) is 0 Å². The van der Waals surface area contributed by atoms with Crippen molar-refractivity contribution in [1.29, 1.82) is 0 Å². The van der Waals surface area contributed by atoms with E-state index in [2.05, 4.69) is 93.6 Å². The van der Waals surface area contributed by atoms with Crippen molar-refractivity contribution in [2.75, 3.05) is 11.5 Å². The fourth-order valence-corrected chi connectivity index (χ4v) is 6.06. The van der Waals surface area contributed by atoms with Crippen molar-refractivity contribution in [3.05, 3.63) is 130 Å². The van der Waals surface area contributed by atoms with E-state index in [0.717, 1.165) is 37.1 Å². The lowest BCUT2D eigenvalue weighted by Crippen LogP contribution is -2.06. The molecule has 2 atom stereocenters. The number of rotatable bonds is 14. The second-order valence-electron chi connectivity index (χ2n) is 11.4. The van der Waals surface area contributed by atoms with Gasteiger partial charge in [-0.3, -0.25) is 0 Å². The van der Waals surface area contributed by atoms with Gasteiger partial charge in [0.1, 0.15) is 0 Å². The van der Waals surface area contributed by atoms with E-state index in [4.69, 9.17) is 11.5 Å². The van der Waals surface area contributed by atoms with Crippen molar-refractivity contribution in [1.82, 2.24) is 0 Å². The quantitative estimate of drug-likeness (QED) is 0.159. The molecule has 0 saturated carbocycles. The lowest BCUT2D eigenvalue weighted by molar-refractivity contribution is 0.647. The minimum atomic E-state index is 0.407. The Hall–Kier alpha value is -3.52. The van der Waals surface area contributed by atoms with Gasteiger partial charge in [0.2, 0.25) is 0 Å². The number of unbranched alkanes of at least 4 members (excludes halogenated alkanes) is 2. The largest absolute Gasteiger partial charge is 0.399 e. The Kier molecular flexibility index (Phi) is 10.9. The Labute approximate surface area is 242 Å². The molecule has 0 spiro atoms. The molecule has 40 heavy (non-hydrogen) atoms. The highest BCUT2D eigenvalue weighted by atomic mass is 14.5. The highest BCUT2D eigenvalue weighted by Gasteiger charge is 2.19. The van der Waals surface area contributed by atoms with Gasteiger partial charge in [-0.05, 0) is 76.9 Å². The Morgan fingerprint density at radius 3 is 0.875 bits per heavy atom. The van der Waals surface area contributed by atoms with Crippen LogP contribution < -0.4 is 11.5 Å². The van der Waals surface area contributed by atoms with Gasteiger partial charge in [-0.15, -0.1) is 0 Å². The average Bonchev–Trinajstić information content (AvgIpc) is 2.99. The van der Waals surface area contributed by atoms with Crippen molar-refractivity contribution < 1.29 is 0 Å². The van der Waals surface area contributed by atoms with E-state index in [0.29, 0.717) is 17.8 Å². The maximum atomic E-state index is 5.98. The first-order valence-electron chi connectivity index (χ1n) is 15.4. The summed E-state index contributed by atoms with van der Waals surface area (Å²) in [5, 5.41) is 0. The van der Waals surface area contributed by atoms with Crippen molar-refractivity contribution in [3.8, 4) is 0 Å². The number of nitrogens with two attached hydrogens (primary N) is 2. The molecule has 0 bridgehead atoms. The Bertz CT molecular complexity index is 1170. The number of benzene rings is 4. The molecule has 2 heteroatoms. The van der Waals surface area contributed by atoms with E-state index in [-0.39, 0.29) is 0 Å². The van der Waals surface area contributed by atoms with E-state index in [9.17, 15) is 0 Å². The molecule has 4 N–H and O–H groups in total. The second kappa shape index (κ2) is 14.7. The Balaban J connectivity index is 1.58. The fraction of sp³-hybridized carbons (Fsp3) is 0.368. The zero-order valence-electron chi connectivity index (χ0n) is 24.8. The van der Waals surface area contributed by atoms with E-state index in [1.807, 2.05) is 24.3 Å². The van der Waals surface area contributed by atoms with Crippen molar-refractivity contribution in [2.24, 2.45) is 0 Å². The molecule has 2 unspecified atom stereocenters. The summed E-state index contributed by atoms with van der Waals surface area (Å²) in [4.78, 5) is 0. The fourth-order valence-electron chi connectivity index (χ4n) is 6.06. The predicted molar refractivity (Wildman–Crippen MR) is 174 cm³/mol. The number of hydrogen-bond acceptors (Lipinski definition) is 2. The molecule has 0 aromatic heterocycles. The molecule has 0 aliphatic heterocycles. The molecular weight excluding hydrogens is 484 g/mol. The van der Waals surface area contributed by atoms with Crippen molar-refractivity contribution >= 4 is 11.4 Å². The first kappa shape index (κ1) is 29.5. The normalized spacial score (nSPS) is 13.6. The third-order valence-electron chi connectivity index (χ3n) is 8.43. The van der Waals surface area contributed by atoms with Gasteiger partial charge in [-0.25, -0.2) is 0 Å². The van der Waals surface area contributed by atoms with Crippen LogP contribution in [0, 0.1) is 0 Å². The molecule has 4 aromatic carbocycles. The minimum Gasteiger partial charge on any atom is -0.399 e. The SMILES string of the molecule is CCCCC(c1ccc(N)cc1)c1ccc(C(CCC)c2ccc(C(CCCC)c3ccc(N)cc3)cc2)cc1. The smallest absolute Gasteiger partial charge is 0.0314 e. The standard InChI is InChI=1S/C38H48N2/c1-4-7-10-37(32-20-24-34(39)25-21-32)30-16-12-28(13-17-30)36(9-6-3)29-14-18-31(19-15-29)38(11-8-5-2)33-22-26-35(40)27-23-33/h12-27,36-38H,4-11,39-40H2,1-3H3. The third kappa shape index (κ3) is 7.56. The van der Waals surface area contributed by atoms with Gasteiger partial charge < -0.3 is 11.5 Å². The van der Waals surface area contributed by atoms with E-state index in [1.54, 1.807) is 0 Å². The van der Waals surface area contributed by atoms with E-state index < -0.39 is 0 Å². The van der Waals surface area contributed by atoms with Crippen LogP contribution in [0.2, 0.25) is 0 Å². The van der Waals surface area contributed by atoms with Crippen LogP contribution in [0.1, 0.15) is 123 Å². The zero-order chi connectivity index (χ0) is 28.3. The van der Waals surface area contributed by atoms with Crippen LogP contribution in [-0.4, -0.2) is 0 Å². The highest BCUT2D eigenvalue weighted by Crippen LogP contribution is 2.36. The summed E-state index contributed by atoms with van der Waals surface area (Å²) in [6.45, 7) is 6.83. The van der Waals surface area contributed by atoms with Crippen LogP contribution in [0.3, 0.4) is 0 Å². The molecular formula is C38H48N2. The van der Waals surface area contributed by atoms with Gasteiger partial charge in [0.15, 0.2) is 0 Å². The molecule has 4 rings (SSSR count). The topological polar surface area (TPSA) is 52.0 Å². The summed E-state index contributed by atoms with van der Waals surface area (Å²) in [7, 11) is 0. The van der Waals surface area contributed by atoms with Gasteiger partial charge in [-0.1, -0.05) is 126 Å². The molecule has 0 aliphatic rings. The lowest BCUT2D eigenvalue weighted by Gasteiger charge is -2.22. The first-order chi connectivity index (χ1) is 19.5. The van der Waals surface area contributed by atoms with Crippen LogP contribution in [0.4, 0.5) is 11.4 Å². The molecule has 0 radical (unpaired) electrons. The first-order valence-corrected chi connectivity index (χ1v) is 15.4. The molecule has 0 heterocycles. The Morgan fingerprint density at radius 2 is 0.625 bits per heavy atom. The van der Waals surface area contributed by atoms with Crippen LogP contribution >= 0.6 is 0 Å². The molecule has 0 amide bonds. The lowest BCUT2D eigenvalue weighted by atomic mass is 9.82. The van der Waals surface area contributed by atoms with E-state index >= 15 is 0 Å². The second-order valence-corrected chi connectivity index (χ2v) is 11.4. The minimum absolute atomic E-state index is 0.407. The molecule has 0 fully saturated rings. The monoisotopic (exact) mass is 532 g/mol. The third-order valence-corrected chi connectivity index (χ3v) is 8.43. The molecule has 2 nitrogen and oxygen atoms in total. The van der Waals surface area contributed by atoms with Gasteiger partial charge in [0.05, 0.1) is 0 Å². The summed E-state index contributed by atoms with van der Waals surface area (Å²) in [6.07, 6.45) is 9.47. The van der Waals surface area contributed by atoms with Crippen molar-refractivity contribution in [3.63, 3.8) is 0 Å². The summed E-state index contributed by atoms with van der Waals surface area (Å²) in [5.74, 6) is 1.23. The van der Waals surface area contributed by atoms with Crippen LogP contribution in [-0.2, 0) is 0 Å². The van der Waals surface area contributed by atoms with Crippen molar-refractivity contribution in [2.45, 2.75) is 89.9 Å². The zero-order valence-corrected chi connectivity index (χ0v) is 24.8. The number of hydrogen-bond donors (Lipinski definition) is 2. The summed E-state index contributed by atoms with van der Waals surface area (Å²) in [5.41, 5.74) is 21.9. The van der Waals surface area contributed by atoms with Crippen LogP contribution in [0.5, 0.6) is 0 Å². The maximum Gasteiger partial charge on any atom is 0.0314 e. The van der Waals surface area contributed by atoms with Gasteiger partial charge in [0, 0.05) is 29.1 Å². The van der Waals surface area contributed by atoms with Gasteiger partial charge >= 0.3 is 0 Å². The maximum absolute atomic E-state index is 5.98. The van der Waals surface area contributed by atoms with Gasteiger partial charge in [0.25, 0.3) is 0 Å². The summed E-state index contributed by atoms with van der Waals surface area (Å²) >= 11 is 0. The van der Waals surface area contributed by atoms with Gasteiger partial charge in [-0.2, -0.15) is 0 Å². The highest BCUT2D eigenvalue weighted by molar-refractivity contribution is 5.45. The molecule has 0 saturated heterocycles. The van der Waals surface area contributed by atoms with Crippen LogP contribution in [0.15, 0.2) is 97.1 Å².